The quantitative estimate of drug-likeness (QED) is 0.577. The number of rotatable bonds is 7. The van der Waals surface area contributed by atoms with Gasteiger partial charge in [-0.05, 0) is 37.4 Å². The van der Waals surface area contributed by atoms with E-state index in [1.54, 1.807) is 25.3 Å². The van der Waals surface area contributed by atoms with Crippen molar-refractivity contribution in [3.05, 3.63) is 47.3 Å². The molecule has 0 spiro atoms. The predicted octanol–water partition coefficient (Wildman–Crippen LogP) is 3.42. The zero-order valence-corrected chi connectivity index (χ0v) is 17.4. The minimum absolute atomic E-state index is 0.0218. The standard InChI is InChI=1S/C19H21N5O2S2/c1-12-6-8-14(9-7-12)20-16(25)11-24(3)18(26)13(2)28-19-21-17(22-23-19)15-5-4-10-27-15/h4-10,13H,11H2,1-3H3,(H,20,25)(H,21,22,23)/t13-/m0/s1. The highest BCUT2D eigenvalue weighted by atomic mass is 32.2. The average molecular weight is 416 g/mol. The van der Waals surface area contributed by atoms with Crippen LogP contribution in [0.25, 0.3) is 10.7 Å². The molecule has 3 rings (SSSR count). The average Bonchev–Trinajstić information content (AvgIpc) is 3.34. The van der Waals surface area contributed by atoms with Crippen LogP contribution in [0.1, 0.15) is 12.5 Å². The number of thiophene rings is 1. The Labute approximate surface area is 171 Å². The van der Waals surface area contributed by atoms with Crippen LogP contribution in [-0.4, -0.2) is 50.7 Å². The molecule has 7 nitrogen and oxygen atoms in total. The first kappa shape index (κ1) is 20.1. The van der Waals surface area contributed by atoms with Gasteiger partial charge in [-0.15, -0.1) is 16.4 Å². The van der Waals surface area contributed by atoms with Crippen LogP contribution in [0.15, 0.2) is 46.9 Å². The third-order valence-electron chi connectivity index (χ3n) is 3.94. The van der Waals surface area contributed by atoms with Gasteiger partial charge in [0.05, 0.1) is 16.7 Å². The van der Waals surface area contributed by atoms with Crippen molar-refractivity contribution in [2.45, 2.75) is 24.3 Å². The number of thioether (sulfide) groups is 1. The second-order valence-electron chi connectivity index (χ2n) is 6.31. The molecule has 0 radical (unpaired) electrons. The SMILES string of the molecule is Cc1ccc(NC(=O)CN(C)C(=O)[C@H](C)Sc2n[nH]c(-c3cccs3)n2)cc1. The van der Waals surface area contributed by atoms with Gasteiger partial charge in [0.2, 0.25) is 17.0 Å². The highest BCUT2D eigenvalue weighted by Crippen LogP contribution is 2.25. The lowest BCUT2D eigenvalue weighted by molar-refractivity contribution is -0.132. The molecule has 0 aliphatic rings. The first-order valence-electron chi connectivity index (χ1n) is 8.67. The fourth-order valence-corrected chi connectivity index (χ4v) is 3.98. The molecule has 0 unspecified atom stereocenters. The maximum absolute atomic E-state index is 12.6. The van der Waals surface area contributed by atoms with E-state index in [0.29, 0.717) is 16.7 Å². The van der Waals surface area contributed by atoms with Crippen LogP contribution in [-0.2, 0) is 9.59 Å². The zero-order chi connectivity index (χ0) is 20.1. The highest BCUT2D eigenvalue weighted by molar-refractivity contribution is 8.00. The monoisotopic (exact) mass is 415 g/mol. The summed E-state index contributed by atoms with van der Waals surface area (Å²) in [5.41, 5.74) is 1.83. The topological polar surface area (TPSA) is 91.0 Å². The van der Waals surface area contributed by atoms with Gasteiger partial charge in [-0.25, -0.2) is 4.98 Å². The molecule has 2 N–H and O–H groups in total. The maximum atomic E-state index is 12.6. The summed E-state index contributed by atoms with van der Waals surface area (Å²) in [6.45, 7) is 3.74. The van der Waals surface area contributed by atoms with Crippen LogP contribution in [0.5, 0.6) is 0 Å². The van der Waals surface area contributed by atoms with Gasteiger partial charge >= 0.3 is 0 Å². The number of hydrogen-bond acceptors (Lipinski definition) is 6. The molecule has 0 saturated carbocycles. The van der Waals surface area contributed by atoms with Gasteiger partial charge in [0.1, 0.15) is 0 Å². The van der Waals surface area contributed by atoms with Crippen molar-refractivity contribution in [2.24, 2.45) is 0 Å². The molecule has 146 valence electrons. The lowest BCUT2D eigenvalue weighted by Crippen LogP contribution is -2.38. The first-order chi connectivity index (χ1) is 13.4. The molecule has 9 heteroatoms. The summed E-state index contributed by atoms with van der Waals surface area (Å²) in [5, 5.41) is 11.9. The second kappa shape index (κ2) is 9.03. The van der Waals surface area contributed by atoms with Crippen LogP contribution < -0.4 is 5.32 Å². The summed E-state index contributed by atoms with van der Waals surface area (Å²) < 4.78 is 0. The molecule has 0 saturated heterocycles. The van der Waals surface area contributed by atoms with E-state index in [1.165, 1.54) is 16.7 Å². The number of amides is 2. The van der Waals surface area contributed by atoms with Crippen LogP contribution in [0.2, 0.25) is 0 Å². The summed E-state index contributed by atoms with van der Waals surface area (Å²) in [7, 11) is 1.61. The first-order valence-corrected chi connectivity index (χ1v) is 10.4. The fourth-order valence-electron chi connectivity index (χ4n) is 2.47. The van der Waals surface area contributed by atoms with Gasteiger partial charge in [0, 0.05) is 12.7 Å². The second-order valence-corrected chi connectivity index (χ2v) is 8.57. The molecular formula is C19H21N5O2S2. The number of anilines is 1. The molecule has 2 heterocycles. The molecule has 28 heavy (non-hydrogen) atoms. The van der Waals surface area contributed by atoms with E-state index >= 15 is 0 Å². The van der Waals surface area contributed by atoms with E-state index in [9.17, 15) is 9.59 Å². The Balaban J connectivity index is 1.52. The molecule has 0 bridgehead atoms. The zero-order valence-electron chi connectivity index (χ0n) is 15.8. The Morgan fingerprint density at radius 2 is 2.04 bits per heavy atom. The van der Waals surface area contributed by atoms with Crippen molar-refractivity contribution in [1.29, 1.82) is 0 Å². The fraction of sp³-hybridized carbons (Fsp3) is 0.263. The number of aryl methyl sites for hydroxylation is 1. The van der Waals surface area contributed by atoms with Crippen molar-refractivity contribution >= 4 is 40.6 Å². The van der Waals surface area contributed by atoms with Gasteiger partial charge in [0.25, 0.3) is 0 Å². The Kier molecular flexibility index (Phi) is 6.48. The minimum atomic E-state index is -0.413. The molecule has 3 aromatic rings. The molecule has 0 fully saturated rings. The number of likely N-dealkylation sites (N-methyl/N-ethyl adjacent to an activating group) is 1. The van der Waals surface area contributed by atoms with E-state index in [-0.39, 0.29) is 18.4 Å². The molecular weight excluding hydrogens is 394 g/mol. The number of aromatic nitrogens is 3. The number of carbonyl (C=O) groups is 2. The van der Waals surface area contributed by atoms with Crippen molar-refractivity contribution < 1.29 is 9.59 Å². The van der Waals surface area contributed by atoms with Crippen molar-refractivity contribution in [3.63, 3.8) is 0 Å². The summed E-state index contributed by atoms with van der Waals surface area (Å²) in [4.78, 5) is 31.6. The maximum Gasteiger partial charge on any atom is 0.243 e. The van der Waals surface area contributed by atoms with Crippen LogP contribution in [0.4, 0.5) is 5.69 Å². The summed E-state index contributed by atoms with van der Waals surface area (Å²) in [5.74, 6) is 0.282. The van der Waals surface area contributed by atoms with Crippen molar-refractivity contribution in [3.8, 4) is 10.7 Å². The molecule has 0 aliphatic heterocycles. The summed E-state index contributed by atoms with van der Waals surface area (Å²) in [6.07, 6.45) is 0. The molecule has 1 aromatic carbocycles. The van der Waals surface area contributed by atoms with E-state index in [4.69, 9.17) is 0 Å². The van der Waals surface area contributed by atoms with Crippen LogP contribution >= 0.6 is 23.1 Å². The Bertz CT molecular complexity index is 938. The third-order valence-corrected chi connectivity index (χ3v) is 5.77. The molecule has 2 amide bonds. The lowest BCUT2D eigenvalue weighted by atomic mass is 10.2. The highest BCUT2D eigenvalue weighted by Gasteiger charge is 2.22. The van der Waals surface area contributed by atoms with E-state index in [1.807, 2.05) is 48.7 Å². The Morgan fingerprint density at radius 3 is 2.71 bits per heavy atom. The molecule has 2 aromatic heterocycles. The number of nitrogens with one attached hydrogen (secondary N) is 2. The van der Waals surface area contributed by atoms with E-state index in [2.05, 4.69) is 20.5 Å². The lowest BCUT2D eigenvalue weighted by Gasteiger charge is -2.20. The third kappa shape index (κ3) is 5.20. The van der Waals surface area contributed by atoms with Gasteiger partial charge in [-0.1, -0.05) is 35.5 Å². The molecule has 1 atom stereocenters. The largest absolute Gasteiger partial charge is 0.335 e. The number of hydrogen-bond donors (Lipinski definition) is 2. The minimum Gasteiger partial charge on any atom is -0.335 e. The van der Waals surface area contributed by atoms with Crippen LogP contribution in [0.3, 0.4) is 0 Å². The number of H-pyrrole nitrogens is 1. The van der Waals surface area contributed by atoms with Gasteiger partial charge in [0.15, 0.2) is 5.82 Å². The van der Waals surface area contributed by atoms with Gasteiger partial charge < -0.3 is 10.2 Å². The number of nitrogens with zero attached hydrogens (tertiary/aromatic N) is 3. The van der Waals surface area contributed by atoms with E-state index < -0.39 is 5.25 Å². The predicted molar refractivity (Wildman–Crippen MR) is 112 cm³/mol. The van der Waals surface area contributed by atoms with Gasteiger partial charge in [-0.2, -0.15) is 0 Å². The Morgan fingerprint density at radius 1 is 1.29 bits per heavy atom. The number of benzene rings is 1. The summed E-state index contributed by atoms with van der Waals surface area (Å²) in [6, 6.07) is 11.4. The van der Waals surface area contributed by atoms with Crippen LogP contribution in [0, 0.1) is 6.92 Å². The Hall–Kier alpha value is -2.65. The van der Waals surface area contributed by atoms with Gasteiger partial charge in [-0.3, -0.25) is 14.7 Å². The van der Waals surface area contributed by atoms with Crippen molar-refractivity contribution in [1.82, 2.24) is 20.1 Å². The smallest absolute Gasteiger partial charge is 0.243 e. The number of aromatic amines is 1. The molecule has 0 aliphatic carbocycles. The number of carbonyl (C=O) groups excluding carboxylic acids is 2. The normalized spacial score (nSPS) is 11.8. The summed E-state index contributed by atoms with van der Waals surface area (Å²) >= 11 is 2.82. The van der Waals surface area contributed by atoms with E-state index in [0.717, 1.165) is 10.4 Å². The van der Waals surface area contributed by atoms with Crippen molar-refractivity contribution in [2.75, 3.05) is 18.9 Å².